The van der Waals surface area contributed by atoms with Crippen LogP contribution >= 0.6 is 0 Å². The van der Waals surface area contributed by atoms with Gasteiger partial charge in [0, 0.05) is 17.7 Å². The van der Waals surface area contributed by atoms with Gasteiger partial charge in [-0.1, -0.05) is 6.07 Å². The van der Waals surface area contributed by atoms with Crippen molar-refractivity contribution in [2.24, 2.45) is 5.73 Å². The lowest BCUT2D eigenvalue weighted by molar-refractivity contribution is 0.375. The molecule has 0 amide bonds. The maximum Gasteiger partial charge on any atom is 0.169 e. The van der Waals surface area contributed by atoms with Crippen LogP contribution in [0.4, 0.5) is 4.39 Å². The standard InChI is InChI=1S/C16H15FN2O2/c1-10(19)16-12(17)4-3-5-14(16)21-13-7-6-11(9-18)8-15(13)20-2/h3-8,10H,19H2,1-2H3. The third kappa shape index (κ3) is 3.12. The minimum absolute atomic E-state index is 0.295. The second-order valence-electron chi connectivity index (χ2n) is 4.52. The lowest BCUT2D eigenvalue weighted by Gasteiger charge is -2.16. The summed E-state index contributed by atoms with van der Waals surface area (Å²) in [7, 11) is 1.47. The van der Waals surface area contributed by atoms with Crippen LogP contribution in [0.2, 0.25) is 0 Å². The van der Waals surface area contributed by atoms with Gasteiger partial charge in [0.1, 0.15) is 11.6 Å². The SMILES string of the molecule is COc1cc(C#N)ccc1Oc1cccc(F)c1C(C)N. The molecular formula is C16H15FN2O2. The van der Waals surface area contributed by atoms with E-state index in [2.05, 4.69) is 0 Å². The van der Waals surface area contributed by atoms with E-state index in [9.17, 15) is 4.39 Å². The summed E-state index contributed by atoms with van der Waals surface area (Å²) < 4.78 is 24.8. The highest BCUT2D eigenvalue weighted by Crippen LogP contribution is 2.36. The molecule has 4 nitrogen and oxygen atoms in total. The molecule has 0 saturated heterocycles. The molecule has 21 heavy (non-hydrogen) atoms. The second-order valence-corrected chi connectivity index (χ2v) is 4.52. The number of halogens is 1. The average molecular weight is 286 g/mol. The fourth-order valence-electron chi connectivity index (χ4n) is 1.99. The van der Waals surface area contributed by atoms with Crippen LogP contribution in [0.5, 0.6) is 17.2 Å². The highest BCUT2D eigenvalue weighted by atomic mass is 19.1. The highest BCUT2D eigenvalue weighted by molar-refractivity contribution is 5.50. The Labute approximate surface area is 122 Å². The molecule has 0 aliphatic heterocycles. The molecule has 2 N–H and O–H groups in total. The van der Waals surface area contributed by atoms with Crippen LogP contribution in [0.3, 0.4) is 0 Å². The minimum Gasteiger partial charge on any atom is -0.493 e. The third-order valence-corrected chi connectivity index (χ3v) is 2.98. The number of benzene rings is 2. The Kier molecular flexibility index (Phi) is 4.41. The molecule has 0 aliphatic carbocycles. The van der Waals surface area contributed by atoms with Crippen molar-refractivity contribution in [3.8, 4) is 23.3 Å². The monoisotopic (exact) mass is 286 g/mol. The number of nitriles is 1. The largest absolute Gasteiger partial charge is 0.493 e. The molecular weight excluding hydrogens is 271 g/mol. The molecule has 0 heterocycles. The summed E-state index contributed by atoms with van der Waals surface area (Å²) in [5.74, 6) is 0.695. The summed E-state index contributed by atoms with van der Waals surface area (Å²) in [5.41, 5.74) is 6.54. The molecule has 0 radical (unpaired) electrons. The van der Waals surface area contributed by atoms with Crippen molar-refractivity contribution in [1.82, 2.24) is 0 Å². The van der Waals surface area contributed by atoms with E-state index in [-0.39, 0.29) is 0 Å². The van der Waals surface area contributed by atoms with Gasteiger partial charge < -0.3 is 15.2 Å². The average Bonchev–Trinajstić information content (AvgIpc) is 2.47. The number of hydrogen-bond donors (Lipinski definition) is 1. The van der Waals surface area contributed by atoms with Crippen LogP contribution in [0.15, 0.2) is 36.4 Å². The van der Waals surface area contributed by atoms with E-state index >= 15 is 0 Å². The summed E-state index contributed by atoms with van der Waals surface area (Å²) >= 11 is 0. The van der Waals surface area contributed by atoms with E-state index in [1.165, 1.54) is 13.2 Å². The Morgan fingerprint density at radius 3 is 2.57 bits per heavy atom. The summed E-state index contributed by atoms with van der Waals surface area (Å²) in [5, 5.41) is 8.88. The van der Waals surface area contributed by atoms with E-state index in [0.29, 0.717) is 28.4 Å². The Morgan fingerprint density at radius 2 is 1.95 bits per heavy atom. The topological polar surface area (TPSA) is 68.3 Å². The smallest absolute Gasteiger partial charge is 0.169 e. The first kappa shape index (κ1) is 14.8. The van der Waals surface area contributed by atoms with E-state index < -0.39 is 11.9 Å². The molecule has 2 aromatic rings. The van der Waals surface area contributed by atoms with Crippen LogP contribution in [-0.4, -0.2) is 7.11 Å². The first-order chi connectivity index (χ1) is 10.1. The predicted molar refractivity (Wildman–Crippen MR) is 76.8 cm³/mol. The molecule has 1 atom stereocenters. The van der Waals surface area contributed by atoms with Gasteiger partial charge in [-0.15, -0.1) is 0 Å². The number of methoxy groups -OCH3 is 1. The highest BCUT2D eigenvalue weighted by Gasteiger charge is 2.16. The van der Waals surface area contributed by atoms with Gasteiger partial charge in [-0.2, -0.15) is 5.26 Å². The number of nitrogens with zero attached hydrogens (tertiary/aromatic N) is 1. The molecule has 0 bridgehead atoms. The normalized spacial score (nSPS) is 11.6. The zero-order valence-corrected chi connectivity index (χ0v) is 11.8. The molecule has 0 aliphatic rings. The number of nitrogens with two attached hydrogens (primary N) is 1. The summed E-state index contributed by atoms with van der Waals surface area (Å²) in [6.45, 7) is 1.68. The van der Waals surface area contributed by atoms with Crippen molar-refractivity contribution in [2.75, 3.05) is 7.11 Å². The first-order valence-corrected chi connectivity index (χ1v) is 6.36. The fraction of sp³-hybridized carbons (Fsp3) is 0.188. The Bertz CT molecular complexity index is 693. The third-order valence-electron chi connectivity index (χ3n) is 2.98. The van der Waals surface area contributed by atoms with Gasteiger partial charge in [0.05, 0.1) is 18.7 Å². The van der Waals surface area contributed by atoms with Crippen LogP contribution in [0.1, 0.15) is 24.1 Å². The molecule has 1 unspecified atom stereocenters. The summed E-state index contributed by atoms with van der Waals surface area (Å²) in [6.07, 6.45) is 0. The lowest BCUT2D eigenvalue weighted by Crippen LogP contribution is -2.09. The molecule has 0 spiro atoms. The molecule has 0 saturated carbocycles. The van der Waals surface area contributed by atoms with Gasteiger partial charge in [-0.25, -0.2) is 4.39 Å². The van der Waals surface area contributed by atoms with Crippen molar-refractivity contribution in [1.29, 1.82) is 5.26 Å². The van der Waals surface area contributed by atoms with Crippen LogP contribution in [0, 0.1) is 17.1 Å². The molecule has 0 fully saturated rings. The van der Waals surface area contributed by atoms with E-state index in [0.717, 1.165) is 0 Å². The van der Waals surface area contributed by atoms with Gasteiger partial charge in [0.15, 0.2) is 11.5 Å². The summed E-state index contributed by atoms with van der Waals surface area (Å²) in [6, 6.07) is 10.8. The van der Waals surface area contributed by atoms with Crippen molar-refractivity contribution in [3.05, 3.63) is 53.3 Å². The lowest BCUT2D eigenvalue weighted by atomic mass is 10.1. The van der Waals surface area contributed by atoms with Crippen LogP contribution in [-0.2, 0) is 0 Å². The Morgan fingerprint density at radius 1 is 1.19 bits per heavy atom. The van der Waals surface area contributed by atoms with Crippen LogP contribution in [0.25, 0.3) is 0 Å². The molecule has 2 aromatic carbocycles. The molecule has 5 heteroatoms. The maximum absolute atomic E-state index is 13.9. The zero-order valence-electron chi connectivity index (χ0n) is 11.8. The number of ether oxygens (including phenoxy) is 2. The van der Waals surface area contributed by atoms with E-state index in [4.69, 9.17) is 20.5 Å². The van der Waals surface area contributed by atoms with Gasteiger partial charge in [0.25, 0.3) is 0 Å². The van der Waals surface area contributed by atoms with E-state index in [1.807, 2.05) is 6.07 Å². The van der Waals surface area contributed by atoms with Crippen molar-refractivity contribution < 1.29 is 13.9 Å². The van der Waals surface area contributed by atoms with Crippen LogP contribution < -0.4 is 15.2 Å². The second kappa shape index (κ2) is 6.25. The predicted octanol–water partition coefficient (Wildman–Crippen LogP) is 3.52. The fourth-order valence-corrected chi connectivity index (χ4v) is 1.99. The van der Waals surface area contributed by atoms with Crippen molar-refractivity contribution in [2.45, 2.75) is 13.0 Å². The van der Waals surface area contributed by atoms with Gasteiger partial charge in [-0.3, -0.25) is 0 Å². The van der Waals surface area contributed by atoms with Gasteiger partial charge in [0.2, 0.25) is 0 Å². The minimum atomic E-state index is -0.509. The Hall–Kier alpha value is -2.58. The quantitative estimate of drug-likeness (QED) is 0.933. The molecule has 108 valence electrons. The van der Waals surface area contributed by atoms with Crippen molar-refractivity contribution in [3.63, 3.8) is 0 Å². The molecule has 0 aromatic heterocycles. The maximum atomic E-state index is 13.9. The number of hydrogen-bond acceptors (Lipinski definition) is 4. The summed E-state index contributed by atoms with van der Waals surface area (Å²) in [4.78, 5) is 0. The van der Waals surface area contributed by atoms with Gasteiger partial charge in [-0.05, 0) is 31.2 Å². The van der Waals surface area contributed by atoms with Crippen molar-refractivity contribution >= 4 is 0 Å². The number of rotatable bonds is 4. The van der Waals surface area contributed by atoms with Gasteiger partial charge >= 0.3 is 0 Å². The Balaban J connectivity index is 2.44. The zero-order chi connectivity index (χ0) is 15.4. The first-order valence-electron chi connectivity index (χ1n) is 6.36. The molecule has 2 rings (SSSR count). The van der Waals surface area contributed by atoms with E-state index in [1.54, 1.807) is 37.3 Å².